The molecule has 0 aliphatic rings. The van der Waals surface area contributed by atoms with Crippen molar-refractivity contribution >= 4 is 6.08 Å². The van der Waals surface area contributed by atoms with E-state index in [0.29, 0.717) is 5.56 Å². The van der Waals surface area contributed by atoms with Crippen molar-refractivity contribution in [2.75, 3.05) is 0 Å². The number of hydrogen-bond acceptors (Lipinski definition) is 0. The van der Waals surface area contributed by atoms with Crippen molar-refractivity contribution in [3.05, 3.63) is 54.4 Å². The van der Waals surface area contributed by atoms with Gasteiger partial charge in [0.25, 0.3) is 0 Å². The molecule has 0 aromatic heterocycles. The summed E-state index contributed by atoms with van der Waals surface area (Å²) in [6.07, 6.45) is 3.34. The summed E-state index contributed by atoms with van der Waals surface area (Å²) >= 11 is 0. The number of allylic oxidation sites excluding steroid dienone is 1. The molecular weight excluding hydrogens is 163 g/mol. The quantitative estimate of drug-likeness (QED) is 0.615. The van der Waals surface area contributed by atoms with E-state index in [-0.39, 0.29) is 11.7 Å². The van der Waals surface area contributed by atoms with E-state index in [1.807, 2.05) is 13.0 Å². The maximum Gasteiger partial charge on any atom is 0.130 e. The predicted molar refractivity (Wildman–Crippen MR) is 55.1 cm³/mol. The molecule has 0 fully saturated rings. The molecule has 1 aromatic rings. The summed E-state index contributed by atoms with van der Waals surface area (Å²) in [6, 6.07) is 5.04. The summed E-state index contributed by atoms with van der Waals surface area (Å²) in [4.78, 5) is 0. The van der Waals surface area contributed by atoms with Crippen LogP contribution in [0.1, 0.15) is 24.0 Å². The Morgan fingerprint density at radius 3 is 2.62 bits per heavy atom. The highest BCUT2D eigenvalue weighted by molar-refractivity contribution is 5.54. The van der Waals surface area contributed by atoms with E-state index in [0.717, 1.165) is 5.56 Å². The minimum absolute atomic E-state index is 0.156. The Labute approximate surface area is 78.4 Å². The molecule has 0 saturated heterocycles. The van der Waals surface area contributed by atoms with Crippen LogP contribution < -0.4 is 0 Å². The molecule has 0 nitrogen and oxygen atoms in total. The standard InChI is InChI=1S/C12H13F/c1-4-9(3)11-7-6-8-12(13)10(11)5-2/h4-9H,1-2H2,3H3. The Hall–Kier alpha value is -1.37. The lowest BCUT2D eigenvalue weighted by atomic mass is 9.95. The molecule has 1 rings (SSSR count). The molecule has 1 unspecified atom stereocenters. The average molecular weight is 176 g/mol. The maximum absolute atomic E-state index is 13.2. The zero-order valence-corrected chi connectivity index (χ0v) is 7.76. The fraction of sp³-hybridized carbons (Fsp3) is 0.167. The van der Waals surface area contributed by atoms with Crippen molar-refractivity contribution in [2.24, 2.45) is 0 Å². The minimum Gasteiger partial charge on any atom is -0.206 e. The minimum atomic E-state index is -0.221. The first-order chi connectivity index (χ1) is 6.20. The van der Waals surface area contributed by atoms with Crippen molar-refractivity contribution in [3.8, 4) is 0 Å². The normalized spacial score (nSPS) is 12.2. The van der Waals surface area contributed by atoms with Crippen LogP contribution >= 0.6 is 0 Å². The third-order valence-electron chi connectivity index (χ3n) is 2.13. The Morgan fingerprint density at radius 1 is 1.38 bits per heavy atom. The molecule has 0 radical (unpaired) electrons. The van der Waals surface area contributed by atoms with E-state index in [1.54, 1.807) is 18.2 Å². The molecule has 1 atom stereocenters. The van der Waals surface area contributed by atoms with Crippen LogP contribution in [-0.2, 0) is 0 Å². The first-order valence-corrected chi connectivity index (χ1v) is 4.24. The lowest BCUT2D eigenvalue weighted by Gasteiger charge is -2.10. The third-order valence-corrected chi connectivity index (χ3v) is 2.13. The predicted octanol–water partition coefficient (Wildman–Crippen LogP) is 3.76. The van der Waals surface area contributed by atoms with Crippen LogP contribution in [0.3, 0.4) is 0 Å². The second-order valence-corrected chi connectivity index (χ2v) is 2.97. The van der Waals surface area contributed by atoms with Gasteiger partial charge in [0, 0.05) is 5.56 Å². The highest BCUT2D eigenvalue weighted by atomic mass is 19.1. The largest absolute Gasteiger partial charge is 0.206 e. The molecule has 1 heteroatoms. The van der Waals surface area contributed by atoms with Crippen LogP contribution in [0.25, 0.3) is 6.08 Å². The van der Waals surface area contributed by atoms with E-state index >= 15 is 0 Å². The molecule has 1 aromatic carbocycles. The number of benzene rings is 1. The summed E-state index contributed by atoms with van der Waals surface area (Å²) in [6.45, 7) is 9.26. The fourth-order valence-electron chi connectivity index (χ4n) is 1.29. The van der Waals surface area contributed by atoms with Gasteiger partial charge in [-0.05, 0) is 17.5 Å². The van der Waals surface area contributed by atoms with E-state index in [1.165, 1.54) is 6.07 Å². The smallest absolute Gasteiger partial charge is 0.130 e. The zero-order valence-electron chi connectivity index (χ0n) is 7.76. The summed E-state index contributed by atoms with van der Waals surface area (Å²) < 4.78 is 13.2. The van der Waals surface area contributed by atoms with Gasteiger partial charge >= 0.3 is 0 Å². The van der Waals surface area contributed by atoms with Crippen molar-refractivity contribution < 1.29 is 4.39 Å². The topological polar surface area (TPSA) is 0 Å². The first kappa shape index (κ1) is 9.72. The van der Waals surface area contributed by atoms with Gasteiger partial charge in [0.1, 0.15) is 5.82 Å². The second kappa shape index (κ2) is 4.04. The van der Waals surface area contributed by atoms with Gasteiger partial charge in [-0.15, -0.1) is 6.58 Å². The van der Waals surface area contributed by atoms with Gasteiger partial charge < -0.3 is 0 Å². The van der Waals surface area contributed by atoms with Crippen LogP contribution in [0.5, 0.6) is 0 Å². The van der Waals surface area contributed by atoms with E-state index in [4.69, 9.17) is 0 Å². The Bertz CT molecular complexity index is 326. The van der Waals surface area contributed by atoms with Crippen LogP contribution in [0.2, 0.25) is 0 Å². The third kappa shape index (κ3) is 1.86. The number of rotatable bonds is 3. The molecule has 0 bridgehead atoms. The SMILES string of the molecule is C=Cc1c(F)cccc1C(C)C=C. The lowest BCUT2D eigenvalue weighted by molar-refractivity contribution is 0.621. The van der Waals surface area contributed by atoms with E-state index in [2.05, 4.69) is 13.2 Å². The van der Waals surface area contributed by atoms with Crippen LogP contribution in [0, 0.1) is 5.82 Å². The molecule has 0 spiro atoms. The first-order valence-electron chi connectivity index (χ1n) is 4.24. The summed E-state index contributed by atoms with van der Waals surface area (Å²) in [7, 11) is 0. The van der Waals surface area contributed by atoms with E-state index in [9.17, 15) is 4.39 Å². The molecule has 13 heavy (non-hydrogen) atoms. The van der Waals surface area contributed by atoms with Gasteiger partial charge in [-0.1, -0.05) is 37.8 Å². The van der Waals surface area contributed by atoms with Gasteiger partial charge in [0.05, 0.1) is 0 Å². The highest BCUT2D eigenvalue weighted by Gasteiger charge is 2.08. The molecule has 0 aliphatic carbocycles. The Kier molecular flexibility index (Phi) is 3.02. The van der Waals surface area contributed by atoms with Crippen LogP contribution in [-0.4, -0.2) is 0 Å². The Morgan fingerprint density at radius 2 is 2.08 bits per heavy atom. The molecule has 0 amide bonds. The molecule has 0 heterocycles. The van der Waals surface area contributed by atoms with Gasteiger partial charge in [0.2, 0.25) is 0 Å². The highest BCUT2D eigenvalue weighted by Crippen LogP contribution is 2.23. The van der Waals surface area contributed by atoms with Gasteiger partial charge in [-0.2, -0.15) is 0 Å². The number of hydrogen-bond donors (Lipinski definition) is 0. The summed E-state index contributed by atoms with van der Waals surface area (Å²) in [5.74, 6) is -0.0649. The zero-order chi connectivity index (χ0) is 9.84. The molecular formula is C12H13F. The van der Waals surface area contributed by atoms with Crippen molar-refractivity contribution in [1.29, 1.82) is 0 Å². The molecule has 0 N–H and O–H groups in total. The average Bonchev–Trinajstić information content (AvgIpc) is 2.16. The molecule has 68 valence electrons. The summed E-state index contributed by atoms with van der Waals surface area (Å²) in [5, 5.41) is 0. The Balaban J connectivity index is 3.27. The molecule has 0 saturated carbocycles. The van der Waals surface area contributed by atoms with Crippen molar-refractivity contribution in [1.82, 2.24) is 0 Å². The van der Waals surface area contributed by atoms with E-state index < -0.39 is 0 Å². The molecule has 0 aliphatic heterocycles. The fourth-order valence-corrected chi connectivity index (χ4v) is 1.29. The van der Waals surface area contributed by atoms with Crippen molar-refractivity contribution in [2.45, 2.75) is 12.8 Å². The monoisotopic (exact) mass is 176 g/mol. The maximum atomic E-state index is 13.2. The lowest BCUT2D eigenvalue weighted by Crippen LogP contribution is -1.95. The van der Waals surface area contributed by atoms with Crippen LogP contribution in [0.15, 0.2) is 37.4 Å². The number of halogens is 1. The van der Waals surface area contributed by atoms with Gasteiger partial charge in [-0.3, -0.25) is 0 Å². The van der Waals surface area contributed by atoms with Crippen molar-refractivity contribution in [3.63, 3.8) is 0 Å². The van der Waals surface area contributed by atoms with Gasteiger partial charge in [0.15, 0.2) is 0 Å². The summed E-state index contributed by atoms with van der Waals surface area (Å²) in [5.41, 5.74) is 1.51. The second-order valence-electron chi connectivity index (χ2n) is 2.97. The van der Waals surface area contributed by atoms with Gasteiger partial charge in [-0.25, -0.2) is 4.39 Å². The van der Waals surface area contributed by atoms with Crippen LogP contribution in [0.4, 0.5) is 4.39 Å².